The van der Waals surface area contributed by atoms with Crippen molar-refractivity contribution in [3.8, 4) is 0 Å². The highest BCUT2D eigenvalue weighted by Gasteiger charge is 2.26. The van der Waals surface area contributed by atoms with Gasteiger partial charge in [-0.25, -0.2) is 4.98 Å². The van der Waals surface area contributed by atoms with Gasteiger partial charge in [0.2, 0.25) is 5.89 Å². The Morgan fingerprint density at radius 1 is 1.21 bits per heavy atom. The molecule has 24 heavy (non-hydrogen) atoms. The van der Waals surface area contributed by atoms with Gasteiger partial charge in [0.15, 0.2) is 0 Å². The number of allylic oxidation sites excluding steroid dienone is 3. The zero-order valence-corrected chi connectivity index (χ0v) is 14.2. The van der Waals surface area contributed by atoms with Gasteiger partial charge in [-0.1, -0.05) is 35.9 Å². The summed E-state index contributed by atoms with van der Waals surface area (Å²) in [6, 6.07) is 8.15. The molecule has 1 atom stereocenters. The summed E-state index contributed by atoms with van der Waals surface area (Å²) < 4.78 is 6.01. The normalized spacial score (nSPS) is 25.0. The predicted octanol–water partition coefficient (Wildman–Crippen LogP) is 5.36. The van der Waals surface area contributed by atoms with E-state index in [1.54, 1.807) is 0 Å². The number of aromatic nitrogens is 1. The van der Waals surface area contributed by atoms with Gasteiger partial charge in [-0.3, -0.25) is 4.99 Å². The summed E-state index contributed by atoms with van der Waals surface area (Å²) in [6.07, 6.45) is 12.9. The number of rotatable bonds is 2. The van der Waals surface area contributed by atoms with Gasteiger partial charge in [0.25, 0.3) is 0 Å². The van der Waals surface area contributed by atoms with Crippen LogP contribution in [0.25, 0.3) is 5.70 Å². The Bertz CT molecular complexity index is 832. The number of halogens is 1. The third-order valence-corrected chi connectivity index (χ3v) is 4.82. The van der Waals surface area contributed by atoms with Crippen LogP contribution in [-0.4, -0.2) is 11.2 Å². The van der Waals surface area contributed by atoms with Crippen LogP contribution in [0.15, 0.2) is 51.9 Å². The van der Waals surface area contributed by atoms with Crippen molar-refractivity contribution in [2.24, 2.45) is 4.99 Å². The van der Waals surface area contributed by atoms with Crippen LogP contribution < -0.4 is 0 Å². The Balaban J connectivity index is 1.59. The molecule has 0 fully saturated rings. The van der Waals surface area contributed by atoms with E-state index < -0.39 is 0 Å². The van der Waals surface area contributed by atoms with Crippen LogP contribution in [0.1, 0.15) is 48.1 Å². The molecular formula is C20H19ClN2O. The Hall–Kier alpha value is -2.13. The first-order valence-corrected chi connectivity index (χ1v) is 8.81. The van der Waals surface area contributed by atoms with E-state index in [9.17, 15) is 0 Å². The number of hydrogen-bond donors (Lipinski definition) is 0. The van der Waals surface area contributed by atoms with Crippen molar-refractivity contribution in [3.63, 3.8) is 0 Å². The summed E-state index contributed by atoms with van der Waals surface area (Å²) >= 11 is 6.14. The first-order chi connectivity index (χ1) is 11.8. The van der Waals surface area contributed by atoms with Crippen LogP contribution in [0, 0.1) is 0 Å². The van der Waals surface area contributed by atoms with E-state index >= 15 is 0 Å². The largest absolute Gasteiger partial charge is 0.440 e. The van der Waals surface area contributed by atoms with Crippen molar-refractivity contribution in [3.05, 3.63) is 70.4 Å². The second-order valence-corrected chi connectivity index (χ2v) is 6.69. The van der Waals surface area contributed by atoms with Crippen molar-refractivity contribution in [1.82, 2.24) is 4.98 Å². The van der Waals surface area contributed by atoms with Crippen LogP contribution >= 0.6 is 11.6 Å². The number of aliphatic imine (C=N–C) groups is 1. The Labute approximate surface area is 146 Å². The minimum absolute atomic E-state index is 0.451. The molecule has 1 aromatic carbocycles. The highest BCUT2D eigenvalue weighted by Crippen LogP contribution is 2.35. The lowest BCUT2D eigenvalue weighted by Crippen LogP contribution is -2.11. The minimum Gasteiger partial charge on any atom is -0.440 e. The Morgan fingerprint density at radius 3 is 3.08 bits per heavy atom. The molecule has 0 amide bonds. The van der Waals surface area contributed by atoms with Crippen molar-refractivity contribution < 1.29 is 4.42 Å². The van der Waals surface area contributed by atoms with Gasteiger partial charge in [0.05, 0.1) is 5.69 Å². The number of aryl methyl sites for hydroxylation is 1. The van der Waals surface area contributed by atoms with E-state index in [2.05, 4.69) is 29.3 Å². The molecule has 2 aliphatic rings. The van der Waals surface area contributed by atoms with Crippen LogP contribution in [0.4, 0.5) is 0 Å². The second-order valence-electron chi connectivity index (χ2n) is 6.26. The summed E-state index contributed by atoms with van der Waals surface area (Å²) in [6.45, 7) is 0. The van der Waals surface area contributed by atoms with E-state index in [1.807, 2.05) is 24.4 Å². The lowest BCUT2D eigenvalue weighted by Gasteiger charge is -2.20. The van der Waals surface area contributed by atoms with E-state index in [0.29, 0.717) is 11.8 Å². The maximum absolute atomic E-state index is 6.14. The monoisotopic (exact) mass is 338 g/mol. The highest BCUT2D eigenvalue weighted by atomic mass is 35.5. The molecule has 1 aliphatic carbocycles. The average Bonchev–Trinajstić information content (AvgIpc) is 2.97. The van der Waals surface area contributed by atoms with Crippen molar-refractivity contribution in [1.29, 1.82) is 0 Å². The molecule has 0 spiro atoms. The standard InChI is InChI=1S/C20H19ClN2O/c21-16-7-5-6-14(12-16)15-9-10-19-18(13-15)23-20(24-19)17-8-3-1-2-4-11-22-17/h2,4-8,11-12,15H,1,3,9-10,13H2/b4-2-,17-8-,22-11-. The van der Waals surface area contributed by atoms with Crippen LogP contribution in [-0.2, 0) is 12.8 Å². The lowest BCUT2D eigenvalue weighted by molar-refractivity contribution is 0.450. The number of oxazole rings is 1. The van der Waals surface area contributed by atoms with E-state index in [-0.39, 0.29) is 0 Å². The third-order valence-electron chi connectivity index (χ3n) is 4.58. The first kappa shape index (κ1) is 15.4. The van der Waals surface area contributed by atoms with Gasteiger partial charge in [-0.2, -0.15) is 0 Å². The van der Waals surface area contributed by atoms with Crippen LogP contribution in [0.2, 0.25) is 5.02 Å². The zero-order valence-electron chi connectivity index (χ0n) is 13.4. The van der Waals surface area contributed by atoms with E-state index in [0.717, 1.165) is 54.3 Å². The SMILES string of the molecule is Clc1cccc(C2CCc3oc(C4=C/CC\C=C/C=N\4)nc3C2)c1. The molecular weight excluding hydrogens is 320 g/mol. The summed E-state index contributed by atoms with van der Waals surface area (Å²) in [5, 5.41) is 0.793. The molecule has 122 valence electrons. The van der Waals surface area contributed by atoms with Crippen molar-refractivity contribution in [2.75, 3.05) is 0 Å². The van der Waals surface area contributed by atoms with Gasteiger partial charge in [0, 0.05) is 24.1 Å². The summed E-state index contributed by atoms with van der Waals surface area (Å²) in [5.41, 5.74) is 3.19. The molecule has 1 aromatic heterocycles. The molecule has 1 aliphatic heterocycles. The average molecular weight is 339 g/mol. The van der Waals surface area contributed by atoms with Gasteiger partial charge in [-0.05, 0) is 49.0 Å². The quantitative estimate of drug-likeness (QED) is 0.739. The molecule has 4 rings (SSSR count). The highest BCUT2D eigenvalue weighted by molar-refractivity contribution is 6.30. The van der Waals surface area contributed by atoms with Gasteiger partial charge >= 0.3 is 0 Å². The molecule has 0 bridgehead atoms. The Kier molecular flexibility index (Phi) is 4.35. The molecule has 4 heteroatoms. The summed E-state index contributed by atoms with van der Waals surface area (Å²) in [5.74, 6) is 2.11. The van der Waals surface area contributed by atoms with Crippen molar-refractivity contribution in [2.45, 2.75) is 38.0 Å². The first-order valence-electron chi connectivity index (χ1n) is 8.43. The topological polar surface area (TPSA) is 38.4 Å². The number of benzene rings is 1. The van der Waals surface area contributed by atoms with Gasteiger partial charge in [-0.15, -0.1) is 0 Å². The molecule has 0 N–H and O–H groups in total. The maximum Gasteiger partial charge on any atom is 0.245 e. The van der Waals surface area contributed by atoms with Crippen LogP contribution in [0.5, 0.6) is 0 Å². The third kappa shape index (κ3) is 3.22. The predicted molar refractivity (Wildman–Crippen MR) is 97.6 cm³/mol. The number of hydrogen-bond acceptors (Lipinski definition) is 3. The number of nitrogens with zero attached hydrogens (tertiary/aromatic N) is 2. The van der Waals surface area contributed by atoms with E-state index in [1.165, 1.54) is 5.56 Å². The molecule has 0 saturated heterocycles. The van der Waals surface area contributed by atoms with Crippen molar-refractivity contribution >= 4 is 23.5 Å². The number of fused-ring (bicyclic) bond motifs is 1. The zero-order chi connectivity index (χ0) is 16.4. The fourth-order valence-electron chi connectivity index (χ4n) is 3.33. The molecule has 2 aromatic rings. The van der Waals surface area contributed by atoms with Gasteiger partial charge < -0.3 is 4.42 Å². The molecule has 0 radical (unpaired) electrons. The fourth-order valence-corrected chi connectivity index (χ4v) is 3.52. The summed E-state index contributed by atoms with van der Waals surface area (Å²) in [4.78, 5) is 9.20. The second kappa shape index (κ2) is 6.78. The van der Waals surface area contributed by atoms with E-state index in [4.69, 9.17) is 21.0 Å². The molecule has 3 nitrogen and oxygen atoms in total. The van der Waals surface area contributed by atoms with Crippen LogP contribution in [0.3, 0.4) is 0 Å². The fraction of sp³-hybridized carbons (Fsp3) is 0.300. The summed E-state index contributed by atoms with van der Waals surface area (Å²) in [7, 11) is 0. The lowest BCUT2D eigenvalue weighted by atomic mass is 9.85. The minimum atomic E-state index is 0.451. The molecule has 1 unspecified atom stereocenters. The molecule has 2 heterocycles. The Morgan fingerprint density at radius 2 is 2.17 bits per heavy atom. The smallest absolute Gasteiger partial charge is 0.245 e. The molecule has 0 saturated carbocycles. The van der Waals surface area contributed by atoms with Gasteiger partial charge in [0.1, 0.15) is 11.5 Å². The maximum atomic E-state index is 6.14.